The summed E-state index contributed by atoms with van der Waals surface area (Å²) in [7, 11) is 0. The summed E-state index contributed by atoms with van der Waals surface area (Å²) in [5.41, 5.74) is 15.3. The van der Waals surface area contributed by atoms with Crippen molar-refractivity contribution in [1.29, 1.82) is 0 Å². The number of anilines is 1. The van der Waals surface area contributed by atoms with E-state index in [9.17, 15) is 0 Å². The Balaban J connectivity index is 1.87. The second-order valence-corrected chi connectivity index (χ2v) is 8.32. The minimum Gasteiger partial charge on any atom is -0.203 e. The zero-order valence-electron chi connectivity index (χ0n) is 18.3. The van der Waals surface area contributed by atoms with E-state index in [4.69, 9.17) is 0 Å². The van der Waals surface area contributed by atoms with Crippen LogP contribution in [0.15, 0.2) is 54.6 Å². The number of nitrogens with zero attached hydrogens (tertiary/aromatic N) is 2. The first-order valence-electron chi connectivity index (χ1n) is 10.2. The Kier molecular flexibility index (Phi) is 4.91. The molecule has 4 rings (SSSR count). The van der Waals surface area contributed by atoms with Crippen molar-refractivity contribution in [2.45, 2.75) is 41.5 Å². The van der Waals surface area contributed by atoms with Crippen LogP contribution in [0.5, 0.6) is 0 Å². The molecule has 0 spiro atoms. The van der Waals surface area contributed by atoms with Crippen molar-refractivity contribution in [3.05, 3.63) is 93.5 Å². The second-order valence-electron chi connectivity index (χ2n) is 8.32. The van der Waals surface area contributed by atoms with Crippen LogP contribution in [-0.2, 0) is 0 Å². The monoisotopic (exact) mass is 384 g/mol. The standard InChI is InChI=1S/C26H29N3/c1-17-12-19(3)24(20(4)13-17)28-16-29(25-21(5)14-18(2)15-22(25)6)27-26(28)23-10-8-7-9-11-23/h7-15H,16H2,1-6H3/p+1. The number of hydrogen-bond acceptors (Lipinski definition) is 2. The van der Waals surface area contributed by atoms with Crippen LogP contribution < -0.4 is 10.4 Å². The third kappa shape index (κ3) is 3.53. The van der Waals surface area contributed by atoms with Gasteiger partial charge >= 0.3 is 5.84 Å². The zero-order valence-corrected chi connectivity index (χ0v) is 18.3. The fourth-order valence-electron chi connectivity index (χ4n) is 4.76. The summed E-state index contributed by atoms with van der Waals surface area (Å²) in [6, 6.07) is 19.7. The first-order chi connectivity index (χ1) is 13.8. The fourth-order valence-corrected chi connectivity index (χ4v) is 4.76. The predicted octanol–water partition coefficient (Wildman–Crippen LogP) is 5.61. The van der Waals surface area contributed by atoms with Gasteiger partial charge in [-0.1, -0.05) is 53.6 Å². The van der Waals surface area contributed by atoms with E-state index in [2.05, 4.69) is 111 Å². The van der Waals surface area contributed by atoms with Gasteiger partial charge in [-0.25, -0.2) is 4.58 Å². The van der Waals surface area contributed by atoms with Crippen LogP contribution >= 0.6 is 0 Å². The lowest BCUT2D eigenvalue weighted by molar-refractivity contribution is -0.431. The van der Waals surface area contributed by atoms with Gasteiger partial charge in [-0.15, -0.1) is 0 Å². The molecule has 0 aliphatic carbocycles. The van der Waals surface area contributed by atoms with Gasteiger partial charge in [-0.05, 0) is 75.9 Å². The van der Waals surface area contributed by atoms with Gasteiger partial charge in [0.25, 0.3) is 0 Å². The molecule has 0 fully saturated rings. The molecule has 0 saturated carbocycles. The quantitative estimate of drug-likeness (QED) is 0.592. The molecule has 1 N–H and O–H groups in total. The molecule has 1 aliphatic heterocycles. The number of hydrogen-bond donors (Lipinski definition) is 1. The SMILES string of the molecule is Cc1cc(C)c(N2C[N+](c3c(C)cc(C)cc3C)=C(c3ccccc3)N2)c(C)c1. The topological polar surface area (TPSA) is 18.3 Å². The van der Waals surface area contributed by atoms with Crippen LogP contribution in [0.3, 0.4) is 0 Å². The number of hydrazine groups is 1. The Morgan fingerprint density at radius 3 is 1.79 bits per heavy atom. The third-order valence-corrected chi connectivity index (χ3v) is 5.65. The third-order valence-electron chi connectivity index (χ3n) is 5.65. The Morgan fingerprint density at radius 2 is 1.24 bits per heavy atom. The van der Waals surface area contributed by atoms with Crippen LogP contribution in [0.4, 0.5) is 11.4 Å². The number of benzene rings is 3. The molecule has 1 heterocycles. The molecule has 29 heavy (non-hydrogen) atoms. The smallest absolute Gasteiger partial charge is 0.203 e. The maximum absolute atomic E-state index is 3.72. The van der Waals surface area contributed by atoms with Gasteiger partial charge < -0.3 is 0 Å². The van der Waals surface area contributed by atoms with Crippen LogP contribution in [-0.4, -0.2) is 17.1 Å². The van der Waals surface area contributed by atoms with Crippen molar-refractivity contribution in [1.82, 2.24) is 5.43 Å². The van der Waals surface area contributed by atoms with E-state index < -0.39 is 0 Å². The first kappa shape index (κ1) is 19.3. The molecule has 0 saturated heterocycles. The summed E-state index contributed by atoms with van der Waals surface area (Å²) in [4.78, 5) is 0. The summed E-state index contributed by atoms with van der Waals surface area (Å²) >= 11 is 0. The van der Waals surface area contributed by atoms with E-state index in [1.54, 1.807) is 0 Å². The van der Waals surface area contributed by atoms with Gasteiger partial charge in [-0.3, -0.25) is 0 Å². The molecule has 0 atom stereocenters. The summed E-state index contributed by atoms with van der Waals surface area (Å²) in [5.74, 6) is 1.13. The maximum Gasteiger partial charge on any atom is 0.307 e. The molecule has 0 amide bonds. The number of amidine groups is 1. The van der Waals surface area contributed by atoms with Crippen LogP contribution in [0, 0.1) is 41.5 Å². The molecule has 0 unspecified atom stereocenters. The lowest BCUT2D eigenvalue weighted by atomic mass is 10.0. The van der Waals surface area contributed by atoms with E-state index in [-0.39, 0.29) is 0 Å². The fraction of sp³-hybridized carbons (Fsp3) is 0.269. The summed E-state index contributed by atoms with van der Waals surface area (Å²) in [6.45, 7) is 13.9. The van der Waals surface area contributed by atoms with Crippen molar-refractivity contribution in [2.24, 2.45) is 0 Å². The molecule has 1 aliphatic rings. The predicted molar refractivity (Wildman–Crippen MR) is 122 cm³/mol. The summed E-state index contributed by atoms with van der Waals surface area (Å²) in [6.07, 6.45) is 0. The van der Waals surface area contributed by atoms with E-state index in [0.29, 0.717) is 0 Å². The van der Waals surface area contributed by atoms with Crippen LogP contribution in [0.1, 0.15) is 38.9 Å². The molecular formula is C26H30N3+. The molecule has 3 aromatic rings. The normalized spacial score (nSPS) is 13.8. The lowest BCUT2D eigenvalue weighted by Crippen LogP contribution is -2.37. The largest absolute Gasteiger partial charge is 0.307 e. The Labute approximate surface area is 174 Å². The number of nitrogens with one attached hydrogen (secondary N) is 1. The molecule has 0 aromatic heterocycles. The molecule has 3 nitrogen and oxygen atoms in total. The van der Waals surface area contributed by atoms with Gasteiger partial charge in [0.15, 0.2) is 6.67 Å². The minimum atomic E-state index is 0.764. The van der Waals surface area contributed by atoms with Gasteiger partial charge in [0.05, 0.1) is 11.3 Å². The van der Waals surface area contributed by atoms with Crippen molar-refractivity contribution >= 4 is 17.2 Å². The number of aryl methyl sites for hydroxylation is 6. The first-order valence-corrected chi connectivity index (χ1v) is 10.2. The van der Waals surface area contributed by atoms with E-state index >= 15 is 0 Å². The summed E-state index contributed by atoms with van der Waals surface area (Å²) in [5, 5.41) is 2.28. The molecule has 0 radical (unpaired) electrons. The molecule has 148 valence electrons. The van der Waals surface area contributed by atoms with Crippen molar-refractivity contribution in [2.75, 3.05) is 11.7 Å². The van der Waals surface area contributed by atoms with Gasteiger partial charge in [0.2, 0.25) is 0 Å². The highest BCUT2D eigenvalue weighted by atomic mass is 15.6. The van der Waals surface area contributed by atoms with Crippen molar-refractivity contribution < 1.29 is 4.58 Å². The molecule has 3 aromatic carbocycles. The minimum absolute atomic E-state index is 0.764. The van der Waals surface area contributed by atoms with E-state index in [0.717, 1.165) is 12.5 Å². The van der Waals surface area contributed by atoms with Gasteiger partial charge in [0, 0.05) is 0 Å². The molecular weight excluding hydrogens is 354 g/mol. The van der Waals surface area contributed by atoms with Crippen LogP contribution in [0.25, 0.3) is 0 Å². The van der Waals surface area contributed by atoms with Crippen molar-refractivity contribution in [3.63, 3.8) is 0 Å². The molecule has 0 bridgehead atoms. The number of rotatable bonds is 3. The zero-order chi connectivity index (χ0) is 20.7. The Bertz CT molecular complexity index is 1060. The van der Waals surface area contributed by atoms with E-state index in [1.807, 2.05) is 0 Å². The van der Waals surface area contributed by atoms with Gasteiger partial charge in [0.1, 0.15) is 5.69 Å². The maximum atomic E-state index is 3.72. The van der Waals surface area contributed by atoms with Crippen molar-refractivity contribution in [3.8, 4) is 0 Å². The highest BCUT2D eigenvalue weighted by molar-refractivity contribution is 5.97. The van der Waals surface area contributed by atoms with E-state index in [1.165, 1.54) is 50.3 Å². The lowest BCUT2D eigenvalue weighted by Gasteiger charge is -2.19. The highest BCUT2D eigenvalue weighted by Gasteiger charge is 2.34. The summed E-state index contributed by atoms with van der Waals surface area (Å²) < 4.78 is 2.41. The van der Waals surface area contributed by atoms with Crippen LogP contribution in [0.2, 0.25) is 0 Å². The average Bonchev–Trinajstić information content (AvgIpc) is 3.05. The Hall–Kier alpha value is -3.07. The molecule has 3 heteroatoms. The highest BCUT2D eigenvalue weighted by Crippen LogP contribution is 2.31. The van der Waals surface area contributed by atoms with Gasteiger partial charge in [-0.2, -0.15) is 10.4 Å². The average molecular weight is 385 g/mol. The second kappa shape index (κ2) is 7.40. The Morgan fingerprint density at radius 1 is 0.724 bits per heavy atom.